The summed E-state index contributed by atoms with van der Waals surface area (Å²) in [5.41, 5.74) is 0.783. The van der Waals surface area contributed by atoms with Gasteiger partial charge in [0.1, 0.15) is 24.7 Å². The molecule has 168 valence electrons. The van der Waals surface area contributed by atoms with Gasteiger partial charge in [-0.15, -0.1) is 0 Å². The zero-order chi connectivity index (χ0) is 22.8. The van der Waals surface area contributed by atoms with Crippen molar-refractivity contribution in [3.05, 3.63) is 59.2 Å². The molecule has 0 bridgehead atoms. The van der Waals surface area contributed by atoms with Crippen LogP contribution in [0.1, 0.15) is 31.0 Å². The van der Waals surface area contributed by atoms with Crippen LogP contribution in [0.4, 0.5) is 0 Å². The maximum atomic E-state index is 13.0. The van der Waals surface area contributed by atoms with Gasteiger partial charge >= 0.3 is 0 Å². The summed E-state index contributed by atoms with van der Waals surface area (Å²) >= 11 is 0. The van der Waals surface area contributed by atoms with Crippen LogP contribution in [0.15, 0.2) is 48.0 Å². The normalized spacial score (nSPS) is 19.6. The monoisotopic (exact) mass is 439 g/mol. The molecule has 0 radical (unpaired) electrons. The van der Waals surface area contributed by atoms with E-state index in [0.717, 1.165) is 0 Å². The number of phenolic OH excluding ortho intramolecular Hbond substituents is 1. The van der Waals surface area contributed by atoms with Crippen molar-refractivity contribution < 1.29 is 34.0 Å². The Morgan fingerprint density at radius 3 is 2.59 bits per heavy atom. The predicted molar refractivity (Wildman–Crippen MR) is 116 cm³/mol. The molecule has 0 saturated carbocycles. The molecule has 1 unspecified atom stereocenters. The second-order valence-electron chi connectivity index (χ2n) is 7.87. The van der Waals surface area contributed by atoms with Crippen molar-refractivity contribution in [1.29, 1.82) is 0 Å². The summed E-state index contributed by atoms with van der Waals surface area (Å²) in [6.07, 6.45) is -0.0382. The van der Waals surface area contributed by atoms with Gasteiger partial charge in [-0.2, -0.15) is 0 Å². The fraction of sp³-hybridized carbons (Fsp3) is 0.333. The minimum absolute atomic E-state index is 0.00847. The van der Waals surface area contributed by atoms with Crippen molar-refractivity contribution in [2.45, 2.75) is 26.0 Å². The highest BCUT2D eigenvalue weighted by atomic mass is 16.6. The van der Waals surface area contributed by atoms with Crippen LogP contribution in [0.5, 0.6) is 17.2 Å². The number of amides is 1. The molecule has 0 aliphatic carbocycles. The van der Waals surface area contributed by atoms with E-state index in [4.69, 9.17) is 14.2 Å². The SMILES string of the molecule is CC(C)OCCN1C(=O)C(=O)/C(=C(\O)c2ccc3c(c2)OCCO3)C1c1cccc(O)c1. The molecule has 2 aromatic rings. The number of phenols is 1. The van der Waals surface area contributed by atoms with Gasteiger partial charge in [0.15, 0.2) is 11.5 Å². The Hall–Kier alpha value is -3.52. The number of aliphatic hydroxyl groups excluding tert-OH is 1. The Labute approximate surface area is 185 Å². The first-order valence-corrected chi connectivity index (χ1v) is 10.5. The number of hydrogen-bond donors (Lipinski definition) is 2. The molecule has 2 aromatic carbocycles. The number of rotatable bonds is 6. The van der Waals surface area contributed by atoms with Crippen LogP contribution in [-0.4, -0.2) is 59.3 Å². The number of ether oxygens (including phenoxy) is 3. The maximum Gasteiger partial charge on any atom is 0.295 e. The quantitative estimate of drug-likeness (QED) is 0.405. The summed E-state index contributed by atoms with van der Waals surface area (Å²) in [6.45, 7) is 4.94. The molecule has 2 aliphatic rings. The summed E-state index contributed by atoms with van der Waals surface area (Å²) in [7, 11) is 0. The summed E-state index contributed by atoms with van der Waals surface area (Å²) in [5, 5.41) is 21.1. The first-order chi connectivity index (χ1) is 15.4. The number of Topliss-reactive ketones (excluding diaryl/α,β-unsaturated/α-hetero) is 1. The summed E-state index contributed by atoms with van der Waals surface area (Å²) in [5.74, 6) is -0.857. The highest BCUT2D eigenvalue weighted by Gasteiger charge is 2.46. The lowest BCUT2D eigenvalue weighted by atomic mass is 9.95. The number of carbonyl (C=O) groups is 2. The molecule has 4 rings (SSSR count). The fourth-order valence-electron chi connectivity index (χ4n) is 3.88. The average molecular weight is 439 g/mol. The molecule has 1 amide bonds. The predicted octanol–water partition coefficient (Wildman–Crippen LogP) is 3.01. The molecule has 1 atom stereocenters. The lowest BCUT2D eigenvalue weighted by Crippen LogP contribution is -2.33. The van der Waals surface area contributed by atoms with Gasteiger partial charge in [0.2, 0.25) is 0 Å². The number of fused-ring (bicyclic) bond motifs is 1. The van der Waals surface area contributed by atoms with Crippen molar-refractivity contribution in [2.75, 3.05) is 26.4 Å². The highest BCUT2D eigenvalue weighted by molar-refractivity contribution is 6.46. The van der Waals surface area contributed by atoms with Crippen molar-refractivity contribution >= 4 is 17.4 Å². The van der Waals surface area contributed by atoms with E-state index < -0.39 is 17.7 Å². The number of likely N-dealkylation sites (tertiary alicyclic amines) is 1. The first-order valence-electron chi connectivity index (χ1n) is 10.5. The molecule has 2 N–H and O–H groups in total. The van der Waals surface area contributed by atoms with Gasteiger partial charge in [0.05, 0.1) is 24.3 Å². The number of hydrogen-bond acceptors (Lipinski definition) is 7. The van der Waals surface area contributed by atoms with E-state index in [2.05, 4.69) is 0 Å². The van der Waals surface area contributed by atoms with E-state index in [0.29, 0.717) is 35.8 Å². The number of carbonyl (C=O) groups excluding carboxylic acids is 2. The Kier molecular flexibility index (Phi) is 6.05. The molecule has 1 fully saturated rings. The zero-order valence-electron chi connectivity index (χ0n) is 17.9. The molecule has 8 heteroatoms. The van der Waals surface area contributed by atoms with Crippen LogP contribution in [0.2, 0.25) is 0 Å². The van der Waals surface area contributed by atoms with Crippen LogP contribution in [0.25, 0.3) is 5.76 Å². The van der Waals surface area contributed by atoms with Crippen LogP contribution < -0.4 is 9.47 Å². The minimum atomic E-state index is -0.869. The Morgan fingerprint density at radius 2 is 1.88 bits per heavy atom. The van der Waals surface area contributed by atoms with Gasteiger partial charge in [0, 0.05) is 12.1 Å². The first kappa shape index (κ1) is 21.7. The van der Waals surface area contributed by atoms with Crippen molar-refractivity contribution in [3.8, 4) is 17.2 Å². The number of nitrogens with zero attached hydrogens (tertiary/aromatic N) is 1. The molecule has 2 heterocycles. The van der Waals surface area contributed by atoms with Gasteiger partial charge in [-0.1, -0.05) is 12.1 Å². The van der Waals surface area contributed by atoms with Gasteiger partial charge in [0.25, 0.3) is 11.7 Å². The highest BCUT2D eigenvalue weighted by Crippen LogP contribution is 2.41. The molecule has 0 spiro atoms. The number of ketones is 1. The molecule has 8 nitrogen and oxygen atoms in total. The second kappa shape index (κ2) is 8.92. The molecule has 2 aliphatic heterocycles. The lowest BCUT2D eigenvalue weighted by Gasteiger charge is -2.26. The van der Waals surface area contributed by atoms with E-state index in [1.807, 2.05) is 13.8 Å². The molecular weight excluding hydrogens is 414 g/mol. The minimum Gasteiger partial charge on any atom is -0.508 e. The van der Waals surface area contributed by atoms with Crippen LogP contribution in [-0.2, 0) is 14.3 Å². The Balaban J connectivity index is 1.79. The van der Waals surface area contributed by atoms with Crippen LogP contribution >= 0.6 is 0 Å². The van der Waals surface area contributed by atoms with E-state index in [1.54, 1.807) is 30.3 Å². The maximum absolute atomic E-state index is 13.0. The third-order valence-corrected chi connectivity index (χ3v) is 5.32. The van der Waals surface area contributed by atoms with E-state index in [9.17, 15) is 19.8 Å². The Bertz CT molecular complexity index is 1080. The smallest absolute Gasteiger partial charge is 0.295 e. The zero-order valence-corrected chi connectivity index (χ0v) is 17.9. The molecule has 1 saturated heterocycles. The van der Waals surface area contributed by atoms with Crippen LogP contribution in [0.3, 0.4) is 0 Å². The van der Waals surface area contributed by atoms with E-state index >= 15 is 0 Å². The summed E-state index contributed by atoms with van der Waals surface area (Å²) in [4.78, 5) is 27.3. The van der Waals surface area contributed by atoms with E-state index in [1.165, 1.54) is 17.0 Å². The number of aliphatic hydroxyl groups is 1. The van der Waals surface area contributed by atoms with Crippen molar-refractivity contribution in [1.82, 2.24) is 4.90 Å². The summed E-state index contributed by atoms with van der Waals surface area (Å²) in [6, 6.07) is 10.3. The molecular formula is C24H25NO7. The van der Waals surface area contributed by atoms with Gasteiger partial charge < -0.3 is 29.3 Å². The van der Waals surface area contributed by atoms with Gasteiger partial charge in [-0.3, -0.25) is 9.59 Å². The lowest BCUT2D eigenvalue weighted by molar-refractivity contribution is -0.140. The molecule has 0 aromatic heterocycles. The number of benzene rings is 2. The largest absolute Gasteiger partial charge is 0.508 e. The van der Waals surface area contributed by atoms with Gasteiger partial charge in [-0.05, 0) is 49.7 Å². The standard InChI is InChI=1S/C24H25NO7/c1-14(2)30-9-8-25-21(15-4-3-5-17(26)12-15)20(23(28)24(25)29)22(27)16-6-7-18-19(13-16)32-11-10-31-18/h3-7,12-14,21,26-27H,8-11H2,1-2H3/b22-20-. The average Bonchev–Trinajstić information content (AvgIpc) is 3.03. The number of aromatic hydroxyl groups is 1. The van der Waals surface area contributed by atoms with Crippen LogP contribution in [0, 0.1) is 0 Å². The topological polar surface area (TPSA) is 106 Å². The fourth-order valence-corrected chi connectivity index (χ4v) is 3.88. The van der Waals surface area contributed by atoms with Crippen molar-refractivity contribution in [2.24, 2.45) is 0 Å². The second-order valence-corrected chi connectivity index (χ2v) is 7.87. The Morgan fingerprint density at radius 1 is 1.12 bits per heavy atom. The molecule has 32 heavy (non-hydrogen) atoms. The third kappa shape index (κ3) is 4.13. The van der Waals surface area contributed by atoms with Gasteiger partial charge in [-0.25, -0.2) is 0 Å². The van der Waals surface area contributed by atoms with E-state index in [-0.39, 0.29) is 36.3 Å². The third-order valence-electron chi connectivity index (χ3n) is 5.32. The van der Waals surface area contributed by atoms with Crippen molar-refractivity contribution in [3.63, 3.8) is 0 Å². The summed E-state index contributed by atoms with van der Waals surface area (Å²) < 4.78 is 16.7.